The maximum atomic E-state index is 12.3. The molecular weight excluding hydrogens is 240 g/mol. The van der Waals surface area contributed by atoms with Crippen LogP contribution in [0.2, 0.25) is 0 Å². The Morgan fingerprint density at radius 2 is 1.89 bits per heavy atom. The first-order valence-corrected chi connectivity index (χ1v) is 6.39. The molecule has 1 rings (SSSR count). The Balaban J connectivity index is 2.97. The van der Waals surface area contributed by atoms with Crippen molar-refractivity contribution in [1.82, 2.24) is 9.88 Å². The lowest BCUT2D eigenvalue weighted by molar-refractivity contribution is -0.143. The van der Waals surface area contributed by atoms with Crippen molar-refractivity contribution in [3.63, 3.8) is 0 Å². The zero-order valence-corrected chi connectivity index (χ0v) is 11.9. The summed E-state index contributed by atoms with van der Waals surface area (Å²) in [6.07, 6.45) is 5.85. The number of nitrogens with zero attached hydrogens (tertiary/aromatic N) is 2. The molecule has 0 bridgehead atoms. The fourth-order valence-corrected chi connectivity index (χ4v) is 1.80. The Morgan fingerprint density at radius 3 is 2.37 bits per heavy atom. The highest BCUT2D eigenvalue weighted by atomic mass is 16.2. The van der Waals surface area contributed by atoms with Crippen molar-refractivity contribution in [2.45, 2.75) is 40.2 Å². The van der Waals surface area contributed by atoms with Crippen LogP contribution in [0.4, 0.5) is 0 Å². The summed E-state index contributed by atoms with van der Waals surface area (Å²) in [4.78, 5) is 29.2. The van der Waals surface area contributed by atoms with Gasteiger partial charge in [0.25, 0.3) is 5.91 Å². The van der Waals surface area contributed by atoms with Crippen molar-refractivity contribution in [1.29, 1.82) is 0 Å². The summed E-state index contributed by atoms with van der Waals surface area (Å²) in [7, 11) is 0. The fourth-order valence-electron chi connectivity index (χ4n) is 1.80. The molecule has 0 aliphatic heterocycles. The van der Waals surface area contributed by atoms with E-state index in [9.17, 15) is 9.59 Å². The topological polar surface area (TPSA) is 50.3 Å². The van der Waals surface area contributed by atoms with Gasteiger partial charge in [-0.3, -0.25) is 19.5 Å². The van der Waals surface area contributed by atoms with Gasteiger partial charge < -0.3 is 0 Å². The molecule has 4 heteroatoms. The van der Waals surface area contributed by atoms with Crippen LogP contribution in [0.1, 0.15) is 39.7 Å². The van der Waals surface area contributed by atoms with Crippen LogP contribution in [0.25, 0.3) is 6.08 Å². The quantitative estimate of drug-likeness (QED) is 0.782. The monoisotopic (exact) mass is 260 g/mol. The molecule has 2 amide bonds. The fraction of sp³-hybridized carbons (Fsp3) is 0.400. The van der Waals surface area contributed by atoms with E-state index in [1.165, 1.54) is 11.8 Å². The molecular formula is C15H20N2O2. The number of pyridine rings is 1. The average Bonchev–Trinajstić information content (AvgIpc) is 2.39. The molecule has 0 fully saturated rings. The molecule has 0 N–H and O–H groups in total. The van der Waals surface area contributed by atoms with Crippen LogP contribution in [0.5, 0.6) is 0 Å². The molecule has 0 radical (unpaired) electrons. The van der Waals surface area contributed by atoms with Crippen LogP contribution in [-0.4, -0.2) is 27.7 Å². The van der Waals surface area contributed by atoms with Crippen LogP contribution < -0.4 is 0 Å². The molecule has 1 unspecified atom stereocenters. The van der Waals surface area contributed by atoms with Crippen molar-refractivity contribution in [2.75, 3.05) is 0 Å². The third-order valence-electron chi connectivity index (χ3n) is 3.02. The third kappa shape index (κ3) is 4.02. The molecule has 4 nitrogen and oxygen atoms in total. The zero-order valence-electron chi connectivity index (χ0n) is 11.9. The number of carbonyl (C=O) groups is 2. The molecule has 1 atom stereocenters. The van der Waals surface area contributed by atoms with Gasteiger partial charge in [-0.2, -0.15) is 0 Å². The van der Waals surface area contributed by atoms with Gasteiger partial charge in [0.15, 0.2) is 0 Å². The van der Waals surface area contributed by atoms with E-state index in [1.54, 1.807) is 25.4 Å². The van der Waals surface area contributed by atoms with E-state index in [0.29, 0.717) is 5.57 Å². The van der Waals surface area contributed by atoms with Gasteiger partial charge in [-0.15, -0.1) is 0 Å². The van der Waals surface area contributed by atoms with Crippen LogP contribution in [0.3, 0.4) is 0 Å². The van der Waals surface area contributed by atoms with E-state index in [2.05, 4.69) is 4.98 Å². The molecule has 0 spiro atoms. The van der Waals surface area contributed by atoms with Crippen LogP contribution >= 0.6 is 0 Å². The van der Waals surface area contributed by atoms with E-state index in [-0.39, 0.29) is 17.9 Å². The highest BCUT2D eigenvalue weighted by Crippen LogP contribution is 2.12. The van der Waals surface area contributed by atoms with Crippen molar-refractivity contribution in [3.05, 3.63) is 35.7 Å². The normalized spacial score (nSPS) is 12.9. The Bertz CT molecular complexity index is 480. The summed E-state index contributed by atoms with van der Waals surface area (Å²) < 4.78 is 0. The summed E-state index contributed by atoms with van der Waals surface area (Å²) in [5.74, 6) is -0.458. The van der Waals surface area contributed by atoms with Gasteiger partial charge in [-0.05, 0) is 44.0 Å². The SMILES string of the molecule is CCC(C)N(C(C)=O)C(=O)C(C)=Cc1ccncc1. The number of hydrogen-bond acceptors (Lipinski definition) is 3. The van der Waals surface area contributed by atoms with Crippen LogP contribution in [0, 0.1) is 0 Å². The minimum atomic E-state index is -0.237. The second-order valence-electron chi connectivity index (χ2n) is 4.56. The molecule has 0 aliphatic rings. The highest BCUT2D eigenvalue weighted by molar-refractivity contribution is 6.06. The Hall–Kier alpha value is -1.97. The molecule has 1 aromatic heterocycles. The standard InChI is InChI=1S/C15H20N2O2/c1-5-12(3)17(13(4)18)15(19)11(2)10-14-6-8-16-9-7-14/h6-10,12H,5H2,1-4H3. The van der Waals surface area contributed by atoms with Gasteiger partial charge in [0.1, 0.15) is 0 Å². The van der Waals surface area contributed by atoms with Gasteiger partial charge >= 0.3 is 0 Å². The van der Waals surface area contributed by atoms with E-state index in [1.807, 2.05) is 26.0 Å². The summed E-state index contributed by atoms with van der Waals surface area (Å²) in [6.45, 7) is 6.97. The Morgan fingerprint density at radius 1 is 1.32 bits per heavy atom. The Labute approximate surface area is 114 Å². The minimum absolute atomic E-state index is 0.0919. The second kappa shape index (κ2) is 6.83. The number of carbonyl (C=O) groups excluding carboxylic acids is 2. The lowest BCUT2D eigenvalue weighted by Crippen LogP contribution is -2.42. The molecule has 102 valence electrons. The summed E-state index contributed by atoms with van der Waals surface area (Å²) >= 11 is 0. The largest absolute Gasteiger partial charge is 0.276 e. The number of hydrogen-bond donors (Lipinski definition) is 0. The average molecular weight is 260 g/mol. The first kappa shape index (κ1) is 15.1. The van der Waals surface area contributed by atoms with E-state index in [0.717, 1.165) is 12.0 Å². The lowest BCUT2D eigenvalue weighted by atomic mass is 10.1. The van der Waals surface area contributed by atoms with Gasteiger partial charge in [0.2, 0.25) is 5.91 Å². The van der Waals surface area contributed by atoms with E-state index in [4.69, 9.17) is 0 Å². The van der Waals surface area contributed by atoms with E-state index >= 15 is 0 Å². The zero-order chi connectivity index (χ0) is 14.4. The van der Waals surface area contributed by atoms with Crippen molar-refractivity contribution >= 4 is 17.9 Å². The number of rotatable bonds is 4. The smallest absolute Gasteiger partial charge is 0.256 e. The maximum absolute atomic E-state index is 12.3. The summed E-state index contributed by atoms with van der Waals surface area (Å²) in [5, 5.41) is 0. The third-order valence-corrected chi connectivity index (χ3v) is 3.02. The molecule has 0 saturated heterocycles. The summed E-state index contributed by atoms with van der Waals surface area (Å²) in [6, 6.07) is 3.54. The van der Waals surface area contributed by atoms with E-state index < -0.39 is 0 Å². The van der Waals surface area contributed by atoms with Gasteiger partial charge in [-0.1, -0.05) is 6.92 Å². The predicted molar refractivity (Wildman–Crippen MR) is 75.2 cm³/mol. The molecule has 1 aromatic rings. The van der Waals surface area contributed by atoms with Crippen LogP contribution in [0.15, 0.2) is 30.1 Å². The molecule has 0 saturated carbocycles. The summed E-state index contributed by atoms with van der Waals surface area (Å²) in [5.41, 5.74) is 1.44. The van der Waals surface area contributed by atoms with Gasteiger partial charge in [-0.25, -0.2) is 0 Å². The van der Waals surface area contributed by atoms with Crippen molar-refractivity contribution < 1.29 is 9.59 Å². The molecule has 19 heavy (non-hydrogen) atoms. The van der Waals surface area contributed by atoms with Crippen molar-refractivity contribution in [2.24, 2.45) is 0 Å². The van der Waals surface area contributed by atoms with Crippen LogP contribution in [-0.2, 0) is 9.59 Å². The first-order chi connectivity index (χ1) is 8.97. The first-order valence-electron chi connectivity index (χ1n) is 6.39. The molecule has 1 heterocycles. The predicted octanol–water partition coefficient (Wildman–Crippen LogP) is 2.66. The number of aromatic nitrogens is 1. The Kier molecular flexibility index (Phi) is 5.42. The molecule has 0 aromatic carbocycles. The lowest BCUT2D eigenvalue weighted by Gasteiger charge is -2.25. The van der Waals surface area contributed by atoms with Crippen molar-refractivity contribution in [3.8, 4) is 0 Å². The minimum Gasteiger partial charge on any atom is -0.276 e. The second-order valence-corrected chi connectivity index (χ2v) is 4.56. The number of imide groups is 1. The number of amides is 2. The highest BCUT2D eigenvalue weighted by Gasteiger charge is 2.23. The van der Waals surface area contributed by atoms with Gasteiger partial charge in [0.05, 0.1) is 0 Å². The van der Waals surface area contributed by atoms with Gasteiger partial charge in [0, 0.05) is 30.9 Å². The molecule has 0 aliphatic carbocycles. The maximum Gasteiger partial charge on any atom is 0.256 e.